The third-order valence-electron chi connectivity index (χ3n) is 1.91. The predicted molar refractivity (Wildman–Crippen MR) is 50.2 cm³/mol. The van der Waals surface area contributed by atoms with Crippen LogP contribution >= 0.6 is 0 Å². The topological polar surface area (TPSA) is 103 Å². The molecule has 1 heterocycles. The molecule has 1 rings (SSSR count). The van der Waals surface area contributed by atoms with Gasteiger partial charge in [0.2, 0.25) is 0 Å². The van der Waals surface area contributed by atoms with Crippen LogP contribution in [0.1, 0.15) is 10.6 Å². The predicted octanol–water partition coefficient (Wildman–Crippen LogP) is -1.27. The molecule has 1 aromatic heterocycles. The summed E-state index contributed by atoms with van der Waals surface area (Å²) in [6.07, 6.45) is 1.35. The summed E-state index contributed by atoms with van der Waals surface area (Å²) in [5.74, 6) is -0.409. The largest absolute Gasteiger partial charge is 0.459 e. The Kier molecular flexibility index (Phi) is 3.84. The zero-order chi connectivity index (χ0) is 11.3. The number of rotatable bonds is 5. The Labute approximate surface area is 86.1 Å². The quantitative estimate of drug-likeness (QED) is 0.490. The highest BCUT2D eigenvalue weighted by atomic mass is 16.4. The standard InChI is InChI=1S/C9H13NO5/c11-5-9(14,6-12)4-10-8(13)7-2-1-3-15-7/h1-3,11-12,14H,4-6H2,(H,10,13). The lowest BCUT2D eigenvalue weighted by Gasteiger charge is -2.22. The second-order valence-electron chi connectivity index (χ2n) is 3.20. The molecule has 0 radical (unpaired) electrons. The van der Waals surface area contributed by atoms with Gasteiger partial charge in [0.25, 0.3) is 5.91 Å². The van der Waals surface area contributed by atoms with Crippen LogP contribution in [0.2, 0.25) is 0 Å². The SMILES string of the molecule is O=C(NCC(O)(CO)CO)c1ccco1. The summed E-state index contributed by atoms with van der Waals surface area (Å²) in [4.78, 5) is 11.3. The average Bonchev–Trinajstić information content (AvgIpc) is 2.79. The zero-order valence-electron chi connectivity index (χ0n) is 8.01. The van der Waals surface area contributed by atoms with E-state index in [2.05, 4.69) is 5.32 Å². The van der Waals surface area contributed by atoms with Gasteiger partial charge in [0.05, 0.1) is 26.0 Å². The summed E-state index contributed by atoms with van der Waals surface area (Å²) in [7, 11) is 0. The molecule has 15 heavy (non-hydrogen) atoms. The third kappa shape index (κ3) is 3.05. The third-order valence-corrected chi connectivity index (χ3v) is 1.91. The van der Waals surface area contributed by atoms with Crippen LogP contribution in [0.15, 0.2) is 22.8 Å². The minimum atomic E-state index is -1.71. The summed E-state index contributed by atoms with van der Waals surface area (Å²) >= 11 is 0. The number of aliphatic hydroxyl groups excluding tert-OH is 2. The highest BCUT2D eigenvalue weighted by Crippen LogP contribution is 2.02. The van der Waals surface area contributed by atoms with Crippen molar-refractivity contribution in [3.05, 3.63) is 24.2 Å². The molecule has 0 bridgehead atoms. The molecule has 0 atom stereocenters. The maximum atomic E-state index is 11.3. The van der Waals surface area contributed by atoms with Crippen LogP contribution < -0.4 is 5.32 Å². The minimum Gasteiger partial charge on any atom is -0.459 e. The zero-order valence-corrected chi connectivity index (χ0v) is 8.01. The Morgan fingerprint density at radius 1 is 1.47 bits per heavy atom. The maximum absolute atomic E-state index is 11.3. The van der Waals surface area contributed by atoms with Gasteiger partial charge < -0.3 is 25.1 Å². The van der Waals surface area contributed by atoms with E-state index >= 15 is 0 Å². The molecule has 6 nitrogen and oxygen atoms in total. The van der Waals surface area contributed by atoms with Gasteiger partial charge in [0.1, 0.15) is 5.60 Å². The van der Waals surface area contributed by atoms with Crippen molar-refractivity contribution < 1.29 is 24.5 Å². The Morgan fingerprint density at radius 3 is 2.60 bits per heavy atom. The molecule has 4 N–H and O–H groups in total. The summed E-state index contributed by atoms with van der Waals surface area (Å²) in [6.45, 7) is -1.52. The highest BCUT2D eigenvalue weighted by Gasteiger charge is 2.26. The Hall–Kier alpha value is -1.37. The molecular weight excluding hydrogens is 202 g/mol. The molecule has 0 aliphatic heterocycles. The molecule has 0 saturated carbocycles. The van der Waals surface area contributed by atoms with E-state index in [-0.39, 0.29) is 12.3 Å². The normalized spacial score (nSPS) is 11.4. The lowest BCUT2D eigenvalue weighted by molar-refractivity contribution is -0.0516. The van der Waals surface area contributed by atoms with Crippen LogP contribution in [-0.2, 0) is 0 Å². The molecule has 0 aliphatic rings. The number of hydrogen-bond acceptors (Lipinski definition) is 5. The van der Waals surface area contributed by atoms with E-state index in [4.69, 9.17) is 14.6 Å². The fraction of sp³-hybridized carbons (Fsp3) is 0.444. The van der Waals surface area contributed by atoms with Gasteiger partial charge >= 0.3 is 0 Å². The van der Waals surface area contributed by atoms with Crippen LogP contribution in [0.25, 0.3) is 0 Å². The highest BCUT2D eigenvalue weighted by molar-refractivity contribution is 5.91. The van der Waals surface area contributed by atoms with Crippen LogP contribution in [0.4, 0.5) is 0 Å². The molecule has 0 unspecified atom stereocenters. The summed E-state index contributed by atoms with van der Waals surface area (Å²) < 4.78 is 4.81. The molecule has 1 amide bonds. The Morgan fingerprint density at radius 2 is 2.13 bits per heavy atom. The molecule has 0 aromatic carbocycles. The molecule has 0 spiro atoms. The van der Waals surface area contributed by atoms with Crippen molar-refractivity contribution in [1.29, 1.82) is 0 Å². The number of hydrogen-bond donors (Lipinski definition) is 4. The first-order chi connectivity index (χ1) is 7.11. The summed E-state index contributed by atoms with van der Waals surface area (Å²) in [5.41, 5.74) is -1.71. The van der Waals surface area contributed by atoms with E-state index in [1.165, 1.54) is 12.3 Å². The lowest BCUT2D eigenvalue weighted by atomic mass is 10.1. The van der Waals surface area contributed by atoms with Gasteiger partial charge in [0, 0.05) is 0 Å². The number of aliphatic hydroxyl groups is 3. The summed E-state index contributed by atoms with van der Waals surface area (Å²) in [6, 6.07) is 3.02. The molecule has 0 aliphatic carbocycles. The second-order valence-corrected chi connectivity index (χ2v) is 3.20. The van der Waals surface area contributed by atoms with E-state index in [1.807, 2.05) is 0 Å². The van der Waals surface area contributed by atoms with Crippen molar-refractivity contribution in [1.82, 2.24) is 5.32 Å². The van der Waals surface area contributed by atoms with Gasteiger partial charge in [-0.2, -0.15) is 0 Å². The van der Waals surface area contributed by atoms with Crippen molar-refractivity contribution in [3.8, 4) is 0 Å². The average molecular weight is 215 g/mol. The first-order valence-corrected chi connectivity index (χ1v) is 4.37. The fourth-order valence-electron chi connectivity index (χ4n) is 0.901. The Balaban J connectivity index is 2.47. The summed E-state index contributed by atoms with van der Waals surface area (Å²) in [5, 5.41) is 29.2. The Bertz CT molecular complexity index is 304. The smallest absolute Gasteiger partial charge is 0.287 e. The minimum absolute atomic E-state index is 0.105. The van der Waals surface area contributed by atoms with Crippen molar-refractivity contribution in [2.45, 2.75) is 5.60 Å². The maximum Gasteiger partial charge on any atom is 0.287 e. The number of carbonyl (C=O) groups is 1. The van der Waals surface area contributed by atoms with Crippen molar-refractivity contribution in [3.63, 3.8) is 0 Å². The van der Waals surface area contributed by atoms with Gasteiger partial charge in [0.15, 0.2) is 5.76 Å². The van der Waals surface area contributed by atoms with Gasteiger partial charge in [-0.3, -0.25) is 4.79 Å². The van der Waals surface area contributed by atoms with Crippen molar-refractivity contribution in [2.24, 2.45) is 0 Å². The van der Waals surface area contributed by atoms with Gasteiger partial charge in [-0.25, -0.2) is 0 Å². The van der Waals surface area contributed by atoms with E-state index in [1.54, 1.807) is 6.07 Å². The molecule has 0 fully saturated rings. The van der Waals surface area contributed by atoms with Crippen molar-refractivity contribution in [2.75, 3.05) is 19.8 Å². The van der Waals surface area contributed by atoms with Gasteiger partial charge in [-0.15, -0.1) is 0 Å². The first-order valence-electron chi connectivity index (χ1n) is 4.37. The lowest BCUT2D eigenvalue weighted by Crippen LogP contribution is -2.48. The van der Waals surface area contributed by atoms with E-state index in [9.17, 15) is 9.90 Å². The van der Waals surface area contributed by atoms with Crippen LogP contribution in [0.5, 0.6) is 0 Å². The van der Waals surface area contributed by atoms with Gasteiger partial charge in [-0.05, 0) is 12.1 Å². The number of amides is 1. The van der Waals surface area contributed by atoms with Crippen LogP contribution in [0.3, 0.4) is 0 Å². The molecule has 6 heteroatoms. The van der Waals surface area contributed by atoms with Crippen LogP contribution in [0, 0.1) is 0 Å². The molecule has 0 saturated heterocycles. The number of carbonyl (C=O) groups excluding carboxylic acids is 1. The fourth-order valence-corrected chi connectivity index (χ4v) is 0.901. The van der Waals surface area contributed by atoms with E-state index in [0.717, 1.165) is 0 Å². The monoisotopic (exact) mass is 215 g/mol. The van der Waals surface area contributed by atoms with E-state index < -0.39 is 24.7 Å². The van der Waals surface area contributed by atoms with Crippen LogP contribution in [-0.4, -0.2) is 46.6 Å². The van der Waals surface area contributed by atoms with E-state index in [0.29, 0.717) is 0 Å². The number of nitrogens with one attached hydrogen (secondary N) is 1. The van der Waals surface area contributed by atoms with Gasteiger partial charge in [-0.1, -0.05) is 0 Å². The number of furan rings is 1. The molecule has 1 aromatic rings. The first kappa shape index (κ1) is 11.7. The molecule has 84 valence electrons. The second kappa shape index (κ2) is 4.92. The van der Waals surface area contributed by atoms with Crippen molar-refractivity contribution >= 4 is 5.91 Å². The molecular formula is C9H13NO5.